The summed E-state index contributed by atoms with van der Waals surface area (Å²) in [6.45, 7) is 9.21. The van der Waals surface area contributed by atoms with Gasteiger partial charge in [-0.25, -0.2) is 0 Å². The molecule has 0 spiro atoms. The fourth-order valence-electron chi connectivity index (χ4n) is 1.08. The molecule has 0 radical (unpaired) electrons. The molecule has 0 saturated carbocycles. The van der Waals surface area contributed by atoms with Gasteiger partial charge in [-0.2, -0.15) is 0 Å². The molecule has 0 heterocycles. The summed E-state index contributed by atoms with van der Waals surface area (Å²) in [5.41, 5.74) is 0. The Morgan fingerprint density at radius 3 is 2.45 bits per heavy atom. The molecule has 0 aromatic carbocycles. The van der Waals surface area contributed by atoms with E-state index in [2.05, 4.69) is 24.1 Å². The summed E-state index contributed by atoms with van der Waals surface area (Å²) in [7, 11) is 2.01. The van der Waals surface area contributed by atoms with Crippen molar-refractivity contribution in [2.24, 2.45) is 0 Å². The molecule has 11 heavy (non-hydrogen) atoms. The first-order chi connectivity index (χ1) is 5.35. The topological polar surface area (TPSA) is 15.3 Å². The molecular formula is C9H24N2. The summed E-state index contributed by atoms with van der Waals surface area (Å²) in [5, 5.41) is 3.17. The number of nitrogens with one attached hydrogen (secondary N) is 1. The van der Waals surface area contributed by atoms with Gasteiger partial charge in [0.25, 0.3) is 0 Å². The van der Waals surface area contributed by atoms with Crippen molar-refractivity contribution in [2.45, 2.75) is 26.7 Å². The number of hydrogen-bond donors (Lipinski definition) is 1. The second-order valence-electron chi connectivity index (χ2n) is 2.89. The van der Waals surface area contributed by atoms with E-state index in [-0.39, 0.29) is 1.43 Å². The molecule has 2 heteroatoms. The Morgan fingerprint density at radius 1 is 1.27 bits per heavy atom. The van der Waals surface area contributed by atoms with Gasteiger partial charge in [-0.15, -0.1) is 0 Å². The third kappa shape index (κ3) is 6.32. The molecule has 70 valence electrons. The fourth-order valence-corrected chi connectivity index (χ4v) is 1.08. The van der Waals surface area contributed by atoms with Crippen LogP contribution in [0.1, 0.15) is 28.1 Å². The lowest BCUT2D eigenvalue weighted by molar-refractivity contribution is 0.285. The van der Waals surface area contributed by atoms with Crippen LogP contribution in [0.4, 0.5) is 0 Å². The van der Waals surface area contributed by atoms with Gasteiger partial charge in [0.1, 0.15) is 0 Å². The van der Waals surface area contributed by atoms with Crippen LogP contribution in [0.2, 0.25) is 0 Å². The van der Waals surface area contributed by atoms with Gasteiger partial charge in [0.15, 0.2) is 0 Å². The first kappa shape index (κ1) is 10.9. The van der Waals surface area contributed by atoms with Gasteiger partial charge in [0.2, 0.25) is 0 Å². The van der Waals surface area contributed by atoms with E-state index in [1.54, 1.807) is 0 Å². The van der Waals surface area contributed by atoms with Gasteiger partial charge in [-0.05, 0) is 26.6 Å². The van der Waals surface area contributed by atoms with E-state index in [9.17, 15) is 0 Å². The third-order valence-electron chi connectivity index (χ3n) is 1.95. The van der Waals surface area contributed by atoms with Crippen LogP contribution < -0.4 is 5.32 Å². The maximum atomic E-state index is 3.17. The Hall–Kier alpha value is -0.0800. The Kier molecular flexibility index (Phi) is 7.96. The molecule has 0 atom stereocenters. The quantitative estimate of drug-likeness (QED) is 0.608. The molecule has 0 aliphatic heterocycles. The highest BCUT2D eigenvalue weighted by Crippen LogP contribution is 1.92. The lowest BCUT2D eigenvalue weighted by atomic mass is 10.3. The molecule has 0 unspecified atom stereocenters. The van der Waals surface area contributed by atoms with Crippen LogP contribution in [0.5, 0.6) is 0 Å². The number of rotatable bonds is 7. The highest BCUT2D eigenvalue weighted by atomic mass is 15.1. The monoisotopic (exact) mass is 160 g/mol. The fraction of sp³-hybridized carbons (Fsp3) is 1.00. The van der Waals surface area contributed by atoms with E-state index in [1.165, 1.54) is 32.5 Å². The van der Waals surface area contributed by atoms with E-state index < -0.39 is 0 Å². The van der Waals surface area contributed by atoms with E-state index in [1.807, 2.05) is 7.05 Å². The van der Waals surface area contributed by atoms with Crippen LogP contribution in [0.3, 0.4) is 0 Å². The summed E-state index contributed by atoms with van der Waals surface area (Å²) in [4.78, 5) is 2.49. The molecule has 0 aromatic rings. The van der Waals surface area contributed by atoms with Crippen LogP contribution in [0, 0.1) is 0 Å². The normalized spacial score (nSPS) is 10.9. The summed E-state index contributed by atoms with van der Waals surface area (Å²) >= 11 is 0. The minimum absolute atomic E-state index is 0. The maximum Gasteiger partial charge on any atom is 0.0107 e. The van der Waals surface area contributed by atoms with Crippen molar-refractivity contribution >= 4 is 0 Å². The maximum absolute atomic E-state index is 3.17. The summed E-state index contributed by atoms with van der Waals surface area (Å²) in [6.07, 6.45) is 2.63. The molecule has 0 bridgehead atoms. The van der Waals surface area contributed by atoms with Crippen molar-refractivity contribution < 1.29 is 1.43 Å². The zero-order valence-electron chi connectivity index (χ0n) is 8.19. The predicted octanol–water partition coefficient (Wildman–Crippen LogP) is 1.57. The number of nitrogens with zero attached hydrogens (tertiary/aromatic N) is 1. The zero-order chi connectivity index (χ0) is 8.53. The highest BCUT2D eigenvalue weighted by Gasteiger charge is 1.98. The second kappa shape index (κ2) is 8.02. The number of unbranched alkanes of at least 4 members (excludes halogenated alkanes) is 1. The molecule has 0 aliphatic carbocycles. The van der Waals surface area contributed by atoms with Crippen molar-refractivity contribution in [2.75, 3.05) is 33.2 Å². The van der Waals surface area contributed by atoms with Crippen molar-refractivity contribution in [3.63, 3.8) is 0 Å². The molecule has 1 N–H and O–H groups in total. The highest BCUT2D eigenvalue weighted by molar-refractivity contribution is 4.55. The average Bonchev–Trinajstić information content (AvgIpc) is 2.05. The molecule has 0 aliphatic rings. The van der Waals surface area contributed by atoms with Gasteiger partial charge in [-0.3, -0.25) is 0 Å². The Balaban J connectivity index is 0. The van der Waals surface area contributed by atoms with E-state index in [0.29, 0.717) is 0 Å². The van der Waals surface area contributed by atoms with E-state index in [0.717, 1.165) is 6.54 Å². The molecule has 0 aromatic heterocycles. The van der Waals surface area contributed by atoms with Crippen molar-refractivity contribution in [1.82, 2.24) is 10.2 Å². The van der Waals surface area contributed by atoms with Crippen molar-refractivity contribution in [3.05, 3.63) is 0 Å². The van der Waals surface area contributed by atoms with Crippen molar-refractivity contribution in [1.29, 1.82) is 0 Å². The smallest absolute Gasteiger partial charge is 0.0107 e. The summed E-state index contributed by atoms with van der Waals surface area (Å²) in [5.74, 6) is 0. The number of likely N-dealkylation sites (N-methyl/N-ethyl adjacent to an activating group) is 2. The standard InChI is InChI=1S/C9H22N2.H2/c1-4-6-8-11(5-2)9-7-10-3;/h10H,4-9H2,1-3H3;1H. The second-order valence-corrected chi connectivity index (χ2v) is 2.89. The molecular weight excluding hydrogens is 136 g/mol. The van der Waals surface area contributed by atoms with Crippen LogP contribution in [-0.2, 0) is 0 Å². The summed E-state index contributed by atoms with van der Waals surface area (Å²) in [6, 6.07) is 0. The molecule has 0 fully saturated rings. The molecule has 2 nitrogen and oxygen atoms in total. The Morgan fingerprint density at radius 2 is 2.00 bits per heavy atom. The molecule has 0 rings (SSSR count). The third-order valence-corrected chi connectivity index (χ3v) is 1.95. The van der Waals surface area contributed by atoms with Crippen molar-refractivity contribution in [3.8, 4) is 0 Å². The van der Waals surface area contributed by atoms with Crippen LogP contribution in [0.15, 0.2) is 0 Å². The average molecular weight is 160 g/mol. The molecule has 0 saturated heterocycles. The minimum Gasteiger partial charge on any atom is -0.318 e. The SMILES string of the molecule is CCCCN(CC)CCNC.[HH]. The number of hydrogen-bond acceptors (Lipinski definition) is 2. The van der Waals surface area contributed by atoms with Gasteiger partial charge in [0.05, 0.1) is 0 Å². The first-order valence-electron chi connectivity index (χ1n) is 4.72. The summed E-state index contributed by atoms with van der Waals surface area (Å²) < 4.78 is 0. The van der Waals surface area contributed by atoms with Crippen LogP contribution in [-0.4, -0.2) is 38.1 Å². The Labute approximate surface area is 72.5 Å². The lowest BCUT2D eigenvalue weighted by Crippen LogP contribution is -2.31. The predicted molar refractivity (Wildman–Crippen MR) is 53.1 cm³/mol. The van der Waals surface area contributed by atoms with E-state index in [4.69, 9.17) is 0 Å². The van der Waals surface area contributed by atoms with Gasteiger partial charge < -0.3 is 10.2 Å². The van der Waals surface area contributed by atoms with Gasteiger partial charge in [0, 0.05) is 14.5 Å². The first-order valence-corrected chi connectivity index (χ1v) is 4.72. The molecule has 0 amide bonds. The van der Waals surface area contributed by atoms with Gasteiger partial charge in [-0.1, -0.05) is 20.3 Å². The van der Waals surface area contributed by atoms with Crippen LogP contribution in [0.25, 0.3) is 0 Å². The van der Waals surface area contributed by atoms with Crippen LogP contribution >= 0.6 is 0 Å². The minimum atomic E-state index is 0. The zero-order valence-corrected chi connectivity index (χ0v) is 8.19. The largest absolute Gasteiger partial charge is 0.318 e. The lowest BCUT2D eigenvalue weighted by Gasteiger charge is -2.19. The Bertz CT molecular complexity index is 70.9. The van der Waals surface area contributed by atoms with Gasteiger partial charge >= 0.3 is 0 Å². The van der Waals surface area contributed by atoms with E-state index >= 15 is 0 Å².